The van der Waals surface area contributed by atoms with Gasteiger partial charge in [-0.1, -0.05) is 60.1 Å². The van der Waals surface area contributed by atoms with Gasteiger partial charge in [0.15, 0.2) is 0 Å². The van der Waals surface area contributed by atoms with Crippen molar-refractivity contribution in [1.29, 1.82) is 0 Å². The van der Waals surface area contributed by atoms with Gasteiger partial charge in [0.1, 0.15) is 6.04 Å². The smallest absolute Gasteiger partial charge is 0.322 e. The highest BCUT2D eigenvalue weighted by molar-refractivity contribution is 9.11. The average Bonchev–Trinajstić information content (AvgIpc) is 2.77. The zero-order chi connectivity index (χ0) is 18.6. The molecule has 25 heavy (non-hydrogen) atoms. The molecule has 0 saturated heterocycles. The number of hydrogen-bond donors (Lipinski definition) is 2. The molecule has 0 spiro atoms. The molecule has 2 N–H and O–H groups in total. The van der Waals surface area contributed by atoms with Crippen LogP contribution >= 0.6 is 15.9 Å². The Morgan fingerprint density at radius 2 is 1.80 bits per heavy atom. The number of carbonyl (C=O) groups is 1. The zero-order valence-corrected chi connectivity index (χ0v) is 16.3. The van der Waals surface area contributed by atoms with Crippen molar-refractivity contribution < 1.29 is 18.3 Å². The summed E-state index contributed by atoms with van der Waals surface area (Å²) in [6.07, 6.45) is 8.74. The molecular weight excluding hydrogens is 406 g/mol. The number of sulfonamides is 1. The van der Waals surface area contributed by atoms with Crippen molar-refractivity contribution in [3.63, 3.8) is 0 Å². The van der Waals surface area contributed by atoms with E-state index in [0.29, 0.717) is 0 Å². The second kappa shape index (κ2) is 8.12. The van der Waals surface area contributed by atoms with Crippen LogP contribution in [-0.4, -0.2) is 25.5 Å². The highest BCUT2D eigenvalue weighted by atomic mass is 79.9. The summed E-state index contributed by atoms with van der Waals surface area (Å²) in [7, 11) is -3.90. The Kier molecular flexibility index (Phi) is 6.37. The second-order valence-electron chi connectivity index (χ2n) is 6.02. The van der Waals surface area contributed by atoms with Crippen molar-refractivity contribution in [3.8, 4) is 0 Å². The Hall–Kier alpha value is -1.70. The van der Waals surface area contributed by atoms with Crippen molar-refractivity contribution in [3.05, 3.63) is 58.6 Å². The number of aliphatic carboxylic acids is 1. The van der Waals surface area contributed by atoms with E-state index in [0.717, 1.165) is 22.0 Å². The van der Waals surface area contributed by atoms with Gasteiger partial charge in [-0.15, -0.1) is 0 Å². The van der Waals surface area contributed by atoms with E-state index in [1.807, 2.05) is 24.3 Å². The number of carboxylic acid groups (broad SMARTS) is 1. The molecule has 0 heterocycles. The molecule has 1 unspecified atom stereocenters. The third-order valence-electron chi connectivity index (χ3n) is 3.79. The lowest BCUT2D eigenvalue weighted by Gasteiger charge is -2.18. The summed E-state index contributed by atoms with van der Waals surface area (Å²) in [5, 5.41) is 9.17. The van der Waals surface area contributed by atoms with E-state index >= 15 is 0 Å². The molecule has 1 aliphatic rings. The fourth-order valence-electron chi connectivity index (χ4n) is 2.35. The molecule has 0 aliphatic heterocycles. The molecule has 7 heteroatoms. The number of rotatable bonds is 6. The number of hydrogen-bond acceptors (Lipinski definition) is 3. The summed E-state index contributed by atoms with van der Waals surface area (Å²) in [4.78, 5) is 11.3. The number of carboxylic acids is 1. The van der Waals surface area contributed by atoms with Crippen molar-refractivity contribution in [2.45, 2.75) is 31.2 Å². The zero-order valence-electron chi connectivity index (χ0n) is 13.9. The van der Waals surface area contributed by atoms with Gasteiger partial charge < -0.3 is 5.11 Å². The van der Waals surface area contributed by atoms with Gasteiger partial charge in [0, 0.05) is 4.48 Å². The van der Waals surface area contributed by atoms with Crippen LogP contribution < -0.4 is 4.72 Å². The predicted octanol–water partition coefficient (Wildman–Crippen LogP) is 3.70. The summed E-state index contributed by atoms with van der Waals surface area (Å²) < 4.78 is 28.1. The minimum absolute atomic E-state index is 0.0423. The van der Waals surface area contributed by atoms with E-state index in [9.17, 15) is 13.2 Å². The lowest BCUT2D eigenvalue weighted by atomic mass is 10.1. The molecule has 0 amide bonds. The van der Waals surface area contributed by atoms with Crippen LogP contribution in [0.1, 0.15) is 25.8 Å². The Morgan fingerprint density at radius 1 is 1.16 bits per heavy atom. The summed E-state index contributed by atoms with van der Waals surface area (Å²) in [5.74, 6) is -1.55. The van der Waals surface area contributed by atoms with Gasteiger partial charge in [-0.2, -0.15) is 4.72 Å². The molecular formula is C18H20BrNO4S. The highest BCUT2D eigenvalue weighted by Crippen LogP contribution is 2.24. The van der Waals surface area contributed by atoms with Crippen molar-refractivity contribution in [2.75, 3.05) is 0 Å². The summed E-state index contributed by atoms with van der Waals surface area (Å²) in [6, 6.07) is 5.24. The minimum atomic E-state index is -3.90. The molecule has 134 valence electrons. The largest absolute Gasteiger partial charge is 0.480 e. The Balaban J connectivity index is 2.23. The SMILES string of the molecule is CC(C)C(NS(=O)(=O)c1ccc(C2=CCC=C(Br)C=C2)cc1)C(=O)O. The second-order valence-corrected chi connectivity index (χ2v) is 8.65. The van der Waals surface area contributed by atoms with E-state index in [-0.39, 0.29) is 10.8 Å². The minimum Gasteiger partial charge on any atom is -0.480 e. The third kappa shape index (κ3) is 5.14. The summed E-state index contributed by atoms with van der Waals surface area (Å²) in [6.45, 7) is 3.31. The van der Waals surface area contributed by atoms with Crippen LogP contribution in [0.3, 0.4) is 0 Å². The van der Waals surface area contributed by atoms with E-state index in [2.05, 4.69) is 20.7 Å². The summed E-state index contributed by atoms with van der Waals surface area (Å²) >= 11 is 3.43. The lowest BCUT2D eigenvalue weighted by Crippen LogP contribution is -2.44. The standard InChI is InChI=1S/C18H20BrNO4S/c1-12(2)17(18(21)22)20-25(23,24)16-10-7-14(8-11-16)13-4-3-5-15(19)9-6-13/h4-12,17,20H,3H2,1-2H3,(H,21,22). The van der Waals surface area contributed by atoms with Gasteiger partial charge >= 0.3 is 5.97 Å². The fraction of sp³-hybridized carbons (Fsp3) is 0.278. The van der Waals surface area contributed by atoms with Crippen LogP contribution in [0.2, 0.25) is 0 Å². The number of nitrogens with one attached hydrogen (secondary N) is 1. The number of halogens is 1. The monoisotopic (exact) mass is 425 g/mol. The fourth-order valence-corrected chi connectivity index (χ4v) is 4.01. The molecule has 0 radical (unpaired) electrons. The maximum Gasteiger partial charge on any atom is 0.322 e. The van der Waals surface area contributed by atoms with Gasteiger partial charge in [0.2, 0.25) is 10.0 Å². The topological polar surface area (TPSA) is 83.5 Å². The van der Waals surface area contributed by atoms with Crippen molar-refractivity contribution >= 4 is 37.5 Å². The van der Waals surface area contributed by atoms with E-state index in [1.54, 1.807) is 26.0 Å². The molecule has 1 aromatic rings. The quantitative estimate of drug-likeness (QED) is 0.727. The lowest BCUT2D eigenvalue weighted by molar-refractivity contribution is -0.140. The molecule has 1 aromatic carbocycles. The maximum atomic E-state index is 12.4. The van der Waals surface area contributed by atoms with Crippen LogP contribution in [0.4, 0.5) is 0 Å². The number of benzene rings is 1. The Labute approximate surface area is 156 Å². The molecule has 1 aliphatic carbocycles. The van der Waals surface area contributed by atoms with E-state index in [1.165, 1.54) is 12.1 Å². The van der Waals surface area contributed by atoms with Gasteiger partial charge in [-0.05, 0) is 41.7 Å². The molecule has 0 bridgehead atoms. The summed E-state index contributed by atoms with van der Waals surface area (Å²) in [5.41, 5.74) is 1.89. The maximum absolute atomic E-state index is 12.4. The van der Waals surface area contributed by atoms with Crippen LogP contribution in [0, 0.1) is 5.92 Å². The molecule has 0 aromatic heterocycles. The Morgan fingerprint density at radius 3 is 2.36 bits per heavy atom. The van der Waals surface area contributed by atoms with Gasteiger partial charge in [0.05, 0.1) is 4.90 Å². The molecule has 5 nitrogen and oxygen atoms in total. The normalized spacial score (nSPS) is 16.2. The highest BCUT2D eigenvalue weighted by Gasteiger charge is 2.27. The first kappa shape index (κ1) is 19.6. The first-order valence-corrected chi connectivity index (χ1v) is 10.1. The van der Waals surface area contributed by atoms with Crippen LogP contribution in [0.15, 0.2) is 57.9 Å². The van der Waals surface area contributed by atoms with Crippen molar-refractivity contribution in [2.24, 2.45) is 5.92 Å². The van der Waals surface area contributed by atoms with Crippen LogP contribution in [-0.2, 0) is 14.8 Å². The van der Waals surface area contributed by atoms with E-state index < -0.39 is 22.0 Å². The van der Waals surface area contributed by atoms with Crippen LogP contribution in [0.25, 0.3) is 5.57 Å². The van der Waals surface area contributed by atoms with Crippen molar-refractivity contribution in [1.82, 2.24) is 4.72 Å². The van der Waals surface area contributed by atoms with E-state index in [4.69, 9.17) is 5.11 Å². The first-order valence-electron chi connectivity index (χ1n) is 7.80. The average molecular weight is 426 g/mol. The third-order valence-corrected chi connectivity index (χ3v) is 5.83. The molecule has 0 fully saturated rings. The molecule has 0 saturated carbocycles. The Bertz CT molecular complexity index is 836. The van der Waals surface area contributed by atoms with Gasteiger partial charge in [0.25, 0.3) is 0 Å². The predicted molar refractivity (Wildman–Crippen MR) is 102 cm³/mol. The molecule has 2 rings (SSSR count). The van der Waals surface area contributed by atoms with Crippen LogP contribution in [0.5, 0.6) is 0 Å². The van der Waals surface area contributed by atoms with Gasteiger partial charge in [-0.25, -0.2) is 8.42 Å². The number of allylic oxidation sites excluding steroid dienone is 6. The first-order chi connectivity index (χ1) is 11.7. The molecule has 1 atom stereocenters. The van der Waals surface area contributed by atoms with Gasteiger partial charge in [-0.3, -0.25) is 4.79 Å².